The molecular formula is C14H22N2O4. The van der Waals surface area contributed by atoms with Crippen molar-refractivity contribution in [1.29, 1.82) is 5.26 Å². The highest BCUT2D eigenvalue weighted by atomic mass is 16.6. The quantitative estimate of drug-likeness (QED) is 0.475. The molecule has 112 valence electrons. The van der Waals surface area contributed by atoms with Crippen molar-refractivity contribution >= 4 is 12.1 Å². The van der Waals surface area contributed by atoms with Crippen molar-refractivity contribution in [3.8, 4) is 6.07 Å². The number of nitriles is 1. The lowest BCUT2D eigenvalue weighted by Gasteiger charge is -2.27. The minimum atomic E-state index is -1.33. The molecule has 6 nitrogen and oxygen atoms in total. The molecule has 0 unspecified atom stereocenters. The Morgan fingerprint density at radius 2 is 1.90 bits per heavy atom. The van der Waals surface area contributed by atoms with Crippen LogP contribution in [0, 0.1) is 11.3 Å². The molecule has 0 saturated heterocycles. The number of methoxy groups -OCH3 is 1. The van der Waals surface area contributed by atoms with Crippen molar-refractivity contribution in [1.82, 2.24) is 5.32 Å². The second-order valence-corrected chi connectivity index (χ2v) is 5.42. The number of unbranched alkanes of at least 4 members (excludes halogenated alkanes) is 1. The lowest BCUT2D eigenvalue weighted by molar-refractivity contribution is -0.145. The van der Waals surface area contributed by atoms with Gasteiger partial charge in [0, 0.05) is 6.42 Å². The van der Waals surface area contributed by atoms with E-state index in [4.69, 9.17) is 10.00 Å². The van der Waals surface area contributed by atoms with Gasteiger partial charge in [-0.1, -0.05) is 12.2 Å². The Morgan fingerprint density at radius 3 is 2.35 bits per heavy atom. The van der Waals surface area contributed by atoms with Gasteiger partial charge in [0.25, 0.3) is 0 Å². The maximum absolute atomic E-state index is 11.8. The second kappa shape index (κ2) is 7.53. The van der Waals surface area contributed by atoms with Crippen LogP contribution in [0.5, 0.6) is 0 Å². The van der Waals surface area contributed by atoms with Gasteiger partial charge in [-0.15, -0.1) is 0 Å². The summed E-state index contributed by atoms with van der Waals surface area (Å²) in [5.74, 6) is -0.614. The number of amides is 1. The maximum atomic E-state index is 11.8. The molecule has 0 aliphatic heterocycles. The number of carbonyl (C=O) groups is 2. The first-order chi connectivity index (χ1) is 9.14. The van der Waals surface area contributed by atoms with Crippen LogP contribution in [-0.2, 0) is 14.3 Å². The zero-order chi connectivity index (χ0) is 15.8. The van der Waals surface area contributed by atoms with E-state index in [0.717, 1.165) is 0 Å². The van der Waals surface area contributed by atoms with Crippen molar-refractivity contribution in [2.75, 3.05) is 7.11 Å². The SMILES string of the molecule is COC(=O)[C@](C)(/C=C\CCC#N)NC(=O)OC(C)(C)C. The lowest BCUT2D eigenvalue weighted by Crippen LogP contribution is -2.52. The van der Waals surface area contributed by atoms with E-state index in [-0.39, 0.29) is 0 Å². The molecule has 1 amide bonds. The van der Waals surface area contributed by atoms with E-state index >= 15 is 0 Å². The van der Waals surface area contributed by atoms with Gasteiger partial charge in [-0.05, 0) is 34.1 Å². The Morgan fingerprint density at radius 1 is 1.30 bits per heavy atom. The molecule has 1 N–H and O–H groups in total. The number of hydrogen-bond acceptors (Lipinski definition) is 5. The monoisotopic (exact) mass is 282 g/mol. The lowest BCUT2D eigenvalue weighted by atomic mass is 10.0. The van der Waals surface area contributed by atoms with Gasteiger partial charge in [0.2, 0.25) is 0 Å². The molecule has 0 aromatic rings. The molecule has 0 saturated carbocycles. The zero-order valence-corrected chi connectivity index (χ0v) is 12.6. The van der Waals surface area contributed by atoms with Gasteiger partial charge >= 0.3 is 12.1 Å². The average molecular weight is 282 g/mol. The number of esters is 1. The predicted octanol–water partition coefficient (Wildman–Crippen LogP) is 2.30. The molecule has 0 radical (unpaired) electrons. The molecular weight excluding hydrogens is 260 g/mol. The topological polar surface area (TPSA) is 88.4 Å². The van der Waals surface area contributed by atoms with Crippen LogP contribution in [-0.4, -0.2) is 30.3 Å². The van der Waals surface area contributed by atoms with Gasteiger partial charge in [0.1, 0.15) is 5.60 Å². The Hall–Kier alpha value is -2.03. The smallest absolute Gasteiger partial charge is 0.408 e. The predicted molar refractivity (Wildman–Crippen MR) is 73.8 cm³/mol. The third-order valence-corrected chi connectivity index (χ3v) is 2.24. The first-order valence-electron chi connectivity index (χ1n) is 6.29. The fourth-order valence-corrected chi connectivity index (χ4v) is 1.36. The molecule has 0 aliphatic rings. The van der Waals surface area contributed by atoms with E-state index in [0.29, 0.717) is 12.8 Å². The Bertz CT molecular complexity index is 418. The summed E-state index contributed by atoms with van der Waals surface area (Å²) < 4.78 is 9.79. The minimum Gasteiger partial charge on any atom is -0.467 e. The summed E-state index contributed by atoms with van der Waals surface area (Å²) in [4.78, 5) is 23.5. The molecule has 6 heteroatoms. The van der Waals surface area contributed by atoms with Crippen LogP contribution in [0.4, 0.5) is 4.79 Å². The van der Waals surface area contributed by atoms with Crippen LogP contribution in [0.2, 0.25) is 0 Å². The van der Waals surface area contributed by atoms with Crippen LogP contribution < -0.4 is 5.32 Å². The summed E-state index contributed by atoms with van der Waals surface area (Å²) in [6, 6.07) is 1.99. The number of ether oxygens (including phenoxy) is 2. The summed E-state index contributed by atoms with van der Waals surface area (Å²) in [6.45, 7) is 6.69. The summed E-state index contributed by atoms with van der Waals surface area (Å²) in [6.07, 6.45) is 3.26. The van der Waals surface area contributed by atoms with Gasteiger partial charge in [-0.3, -0.25) is 0 Å². The van der Waals surface area contributed by atoms with Crippen molar-refractivity contribution < 1.29 is 19.1 Å². The molecule has 0 aliphatic carbocycles. The fraction of sp³-hybridized carbons (Fsp3) is 0.643. The second-order valence-electron chi connectivity index (χ2n) is 5.42. The number of nitrogens with zero attached hydrogens (tertiary/aromatic N) is 1. The summed E-state index contributed by atoms with van der Waals surface area (Å²) in [5.41, 5.74) is -1.99. The van der Waals surface area contributed by atoms with E-state index < -0.39 is 23.2 Å². The van der Waals surface area contributed by atoms with Gasteiger partial charge in [0.05, 0.1) is 13.2 Å². The van der Waals surface area contributed by atoms with Crippen molar-refractivity contribution in [3.63, 3.8) is 0 Å². The Kier molecular flexibility index (Phi) is 6.77. The molecule has 0 aromatic heterocycles. The number of carbonyl (C=O) groups excluding carboxylic acids is 2. The highest BCUT2D eigenvalue weighted by Crippen LogP contribution is 2.13. The summed E-state index contributed by atoms with van der Waals surface area (Å²) >= 11 is 0. The largest absolute Gasteiger partial charge is 0.467 e. The van der Waals surface area contributed by atoms with E-state index in [1.165, 1.54) is 20.1 Å². The normalized spacial score (nSPS) is 14.2. The Balaban J connectivity index is 4.88. The molecule has 0 bridgehead atoms. The molecule has 0 rings (SSSR count). The third-order valence-electron chi connectivity index (χ3n) is 2.24. The van der Waals surface area contributed by atoms with Gasteiger partial charge in [-0.2, -0.15) is 5.26 Å². The first-order valence-corrected chi connectivity index (χ1v) is 6.29. The minimum absolute atomic E-state index is 0.334. The number of allylic oxidation sites excluding steroid dienone is 1. The third kappa shape index (κ3) is 6.78. The van der Waals surface area contributed by atoms with E-state index in [2.05, 4.69) is 10.1 Å². The molecule has 0 spiro atoms. The average Bonchev–Trinajstić information content (AvgIpc) is 2.31. The zero-order valence-electron chi connectivity index (χ0n) is 12.6. The van der Waals surface area contributed by atoms with Crippen LogP contribution >= 0.6 is 0 Å². The molecule has 0 heterocycles. The number of hydrogen-bond donors (Lipinski definition) is 1. The van der Waals surface area contributed by atoms with Crippen molar-refractivity contribution in [2.45, 2.75) is 51.7 Å². The van der Waals surface area contributed by atoms with Crippen LogP contribution in [0.25, 0.3) is 0 Å². The molecule has 1 atom stereocenters. The van der Waals surface area contributed by atoms with Crippen LogP contribution in [0.15, 0.2) is 12.2 Å². The van der Waals surface area contributed by atoms with Crippen LogP contribution in [0.3, 0.4) is 0 Å². The van der Waals surface area contributed by atoms with Crippen molar-refractivity contribution in [3.05, 3.63) is 12.2 Å². The number of nitrogens with one attached hydrogen (secondary N) is 1. The van der Waals surface area contributed by atoms with E-state index in [9.17, 15) is 9.59 Å². The molecule has 0 fully saturated rings. The fourth-order valence-electron chi connectivity index (χ4n) is 1.36. The van der Waals surface area contributed by atoms with Gasteiger partial charge < -0.3 is 14.8 Å². The first kappa shape index (κ1) is 18.0. The van der Waals surface area contributed by atoms with Crippen LogP contribution in [0.1, 0.15) is 40.5 Å². The van der Waals surface area contributed by atoms with E-state index in [1.807, 2.05) is 6.07 Å². The molecule has 0 aromatic carbocycles. The number of alkyl carbamates (subject to hydrolysis) is 1. The standard InChI is InChI=1S/C14H22N2O4/c1-13(2,3)20-12(18)16-14(4,11(17)19-5)9-7-6-8-10-15/h7,9H,6,8H2,1-5H3,(H,16,18)/b9-7-/t14-/m0/s1. The summed E-state index contributed by atoms with van der Waals surface area (Å²) in [5, 5.41) is 10.9. The molecule has 20 heavy (non-hydrogen) atoms. The number of rotatable bonds is 5. The maximum Gasteiger partial charge on any atom is 0.408 e. The van der Waals surface area contributed by atoms with Crippen molar-refractivity contribution in [2.24, 2.45) is 0 Å². The van der Waals surface area contributed by atoms with E-state index in [1.54, 1.807) is 26.8 Å². The van der Waals surface area contributed by atoms with Gasteiger partial charge in [0.15, 0.2) is 5.54 Å². The summed E-state index contributed by atoms with van der Waals surface area (Å²) in [7, 11) is 1.24. The van der Waals surface area contributed by atoms with Gasteiger partial charge in [-0.25, -0.2) is 9.59 Å². The highest BCUT2D eigenvalue weighted by molar-refractivity contribution is 5.87. The Labute approximate surface area is 119 Å². The highest BCUT2D eigenvalue weighted by Gasteiger charge is 2.34.